The molecule has 0 saturated carbocycles. The summed E-state index contributed by atoms with van der Waals surface area (Å²) in [5.74, 6) is -3.26. The van der Waals surface area contributed by atoms with E-state index in [0.29, 0.717) is 6.42 Å². The molecule has 6 unspecified atom stereocenters. The molecule has 9 heteroatoms. The van der Waals surface area contributed by atoms with Gasteiger partial charge in [0, 0.05) is 6.42 Å². The van der Waals surface area contributed by atoms with E-state index in [2.05, 4.69) is 16.0 Å². The molecule has 0 saturated heterocycles. The molecular formula is C26H42N4O5. The molecule has 0 heterocycles. The van der Waals surface area contributed by atoms with Gasteiger partial charge in [-0.3, -0.25) is 14.4 Å². The van der Waals surface area contributed by atoms with Crippen molar-refractivity contribution < 1.29 is 24.3 Å². The van der Waals surface area contributed by atoms with Gasteiger partial charge in [-0.05, 0) is 23.3 Å². The maximum absolute atomic E-state index is 13.2. The number of rotatable bonds is 14. The standard InChI is InChI=1S/C26H42N4O5/c1-7-16(5)20(27)23(31)29-21(15(3)4)24(32)30-22(17(6)8-2)25(33)28-19(26(34)35)14-18-12-10-9-11-13-18/h9-13,15-17,19-22H,7-8,14,27H2,1-6H3,(H,28,33)(H,29,31)(H,30,32)(H,34,35). The second kappa shape index (κ2) is 14.5. The first-order valence-electron chi connectivity index (χ1n) is 12.4. The summed E-state index contributed by atoms with van der Waals surface area (Å²) in [5.41, 5.74) is 6.79. The van der Waals surface area contributed by atoms with Crippen LogP contribution in [0.5, 0.6) is 0 Å². The van der Waals surface area contributed by atoms with E-state index in [1.54, 1.807) is 45.0 Å². The predicted molar refractivity (Wildman–Crippen MR) is 135 cm³/mol. The van der Waals surface area contributed by atoms with Crippen LogP contribution in [0.1, 0.15) is 59.9 Å². The van der Waals surface area contributed by atoms with Gasteiger partial charge in [0.2, 0.25) is 17.7 Å². The predicted octanol–water partition coefficient (Wildman–Crippen LogP) is 1.84. The Morgan fingerprint density at radius 3 is 1.80 bits per heavy atom. The molecule has 1 rings (SSSR count). The van der Waals surface area contributed by atoms with Gasteiger partial charge in [-0.1, -0.05) is 84.7 Å². The zero-order chi connectivity index (χ0) is 26.7. The Hall–Kier alpha value is -2.94. The molecule has 0 bridgehead atoms. The molecule has 0 aromatic heterocycles. The molecular weight excluding hydrogens is 448 g/mol. The number of hydrogen-bond acceptors (Lipinski definition) is 5. The Bertz CT molecular complexity index is 845. The number of carbonyl (C=O) groups is 4. The van der Waals surface area contributed by atoms with E-state index < -0.39 is 47.9 Å². The van der Waals surface area contributed by atoms with E-state index in [9.17, 15) is 24.3 Å². The van der Waals surface area contributed by atoms with Crippen LogP contribution in [0.25, 0.3) is 0 Å². The first kappa shape index (κ1) is 30.1. The van der Waals surface area contributed by atoms with Gasteiger partial charge in [-0.15, -0.1) is 0 Å². The smallest absolute Gasteiger partial charge is 0.326 e. The highest BCUT2D eigenvalue weighted by Crippen LogP contribution is 2.13. The third-order valence-corrected chi connectivity index (χ3v) is 6.50. The third kappa shape index (κ3) is 9.32. The van der Waals surface area contributed by atoms with Crippen LogP contribution < -0.4 is 21.7 Å². The lowest BCUT2D eigenvalue weighted by Crippen LogP contribution is -2.60. The Balaban J connectivity index is 3.01. The summed E-state index contributed by atoms with van der Waals surface area (Å²) in [6.45, 7) is 11.1. The Morgan fingerprint density at radius 1 is 0.800 bits per heavy atom. The monoisotopic (exact) mass is 490 g/mol. The van der Waals surface area contributed by atoms with E-state index >= 15 is 0 Å². The number of nitrogens with one attached hydrogen (secondary N) is 3. The number of amides is 3. The second-order valence-corrected chi connectivity index (χ2v) is 9.60. The average Bonchev–Trinajstić information content (AvgIpc) is 2.83. The fourth-order valence-electron chi connectivity index (χ4n) is 3.55. The molecule has 1 aromatic carbocycles. The number of hydrogen-bond donors (Lipinski definition) is 5. The van der Waals surface area contributed by atoms with Gasteiger partial charge in [-0.25, -0.2) is 4.79 Å². The largest absolute Gasteiger partial charge is 0.480 e. The van der Waals surface area contributed by atoms with Crippen molar-refractivity contribution in [2.45, 2.75) is 85.0 Å². The number of benzene rings is 1. The van der Waals surface area contributed by atoms with Gasteiger partial charge in [0.1, 0.15) is 18.1 Å². The minimum atomic E-state index is -1.16. The molecule has 0 fully saturated rings. The van der Waals surface area contributed by atoms with E-state index in [1.165, 1.54) is 0 Å². The van der Waals surface area contributed by atoms with Crippen molar-refractivity contribution in [2.75, 3.05) is 0 Å². The Kier molecular flexibility index (Phi) is 12.4. The van der Waals surface area contributed by atoms with Gasteiger partial charge < -0.3 is 26.8 Å². The van der Waals surface area contributed by atoms with E-state index in [1.807, 2.05) is 26.8 Å². The number of carbonyl (C=O) groups excluding carboxylic acids is 3. The van der Waals surface area contributed by atoms with Crippen LogP contribution in [0.15, 0.2) is 30.3 Å². The maximum atomic E-state index is 13.2. The van der Waals surface area contributed by atoms with Crippen LogP contribution in [-0.2, 0) is 25.6 Å². The molecule has 0 aliphatic carbocycles. The number of aliphatic carboxylic acids is 1. The van der Waals surface area contributed by atoms with Crippen molar-refractivity contribution in [1.29, 1.82) is 0 Å². The van der Waals surface area contributed by atoms with Crippen LogP contribution in [0, 0.1) is 17.8 Å². The summed E-state index contributed by atoms with van der Waals surface area (Å²) in [6.07, 6.45) is 1.41. The van der Waals surface area contributed by atoms with Gasteiger partial charge >= 0.3 is 5.97 Å². The summed E-state index contributed by atoms with van der Waals surface area (Å²) < 4.78 is 0. The third-order valence-electron chi connectivity index (χ3n) is 6.50. The summed E-state index contributed by atoms with van der Waals surface area (Å²) in [5, 5.41) is 17.7. The zero-order valence-electron chi connectivity index (χ0n) is 21.7. The van der Waals surface area contributed by atoms with Crippen molar-refractivity contribution in [2.24, 2.45) is 23.5 Å². The molecule has 0 spiro atoms. The fourth-order valence-corrected chi connectivity index (χ4v) is 3.55. The topological polar surface area (TPSA) is 151 Å². The zero-order valence-corrected chi connectivity index (χ0v) is 21.7. The summed E-state index contributed by atoms with van der Waals surface area (Å²) in [7, 11) is 0. The minimum absolute atomic E-state index is 0.0536. The van der Waals surface area contributed by atoms with E-state index in [-0.39, 0.29) is 24.2 Å². The lowest BCUT2D eigenvalue weighted by molar-refractivity contribution is -0.142. The Labute approximate surface area is 208 Å². The van der Waals surface area contributed by atoms with Crippen LogP contribution in [0.2, 0.25) is 0 Å². The van der Waals surface area contributed by atoms with Crippen molar-refractivity contribution in [3.63, 3.8) is 0 Å². The van der Waals surface area contributed by atoms with Crippen molar-refractivity contribution >= 4 is 23.7 Å². The molecule has 3 amide bonds. The van der Waals surface area contributed by atoms with E-state index in [4.69, 9.17) is 5.73 Å². The van der Waals surface area contributed by atoms with Gasteiger partial charge in [0.25, 0.3) is 0 Å². The quantitative estimate of drug-likeness (QED) is 0.268. The van der Waals surface area contributed by atoms with Crippen molar-refractivity contribution in [3.8, 4) is 0 Å². The van der Waals surface area contributed by atoms with Gasteiger partial charge in [0.05, 0.1) is 6.04 Å². The molecule has 35 heavy (non-hydrogen) atoms. The van der Waals surface area contributed by atoms with Crippen molar-refractivity contribution in [1.82, 2.24) is 16.0 Å². The van der Waals surface area contributed by atoms with Crippen molar-refractivity contribution in [3.05, 3.63) is 35.9 Å². The number of carboxylic acid groups (broad SMARTS) is 1. The van der Waals surface area contributed by atoms with Crippen LogP contribution in [0.4, 0.5) is 0 Å². The molecule has 6 N–H and O–H groups in total. The average molecular weight is 491 g/mol. The summed E-state index contributed by atoms with van der Waals surface area (Å²) in [6, 6.07) is 5.23. The highest BCUT2D eigenvalue weighted by molar-refractivity contribution is 5.94. The first-order valence-corrected chi connectivity index (χ1v) is 12.4. The lowest BCUT2D eigenvalue weighted by Gasteiger charge is -2.30. The summed E-state index contributed by atoms with van der Waals surface area (Å²) in [4.78, 5) is 50.7. The van der Waals surface area contributed by atoms with Crippen LogP contribution in [0.3, 0.4) is 0 Å². The molecule has 1 aromatic rings. The fraction of sp³-hybridized carbons (Fsp3) is 0.615. The normalized spacial score (nSPS) is 16.3. The maximum Gasteiger partial charge on any atom is 0.326 e. The lowest BCUT2D eigenvalue weighted by atomic mass is 9.95. The highest BCUT2D eigenvalue weighted by Gasteiger charge is 2.34. The molecule has 196 valence electrons. The Morgan fingerprint density at radius 2 is 1.31 bits per heavy atom. The highest BCUT2D eigenvalue weighted by atomic mass is 16.4. The summed E-state index contributed by atoms with van der Waals surface area (Å²) >= 11 is 0. The minimum Gasteiger partial charge on any atom is -0.480 e. The number of nitrogens with two attached hydrogens (primary N) is 1. The van der Waals surface area contributed by atoms with E-state index in [0.717, 1.165) is 12.0 Å². The van der Waals surface area contributed by atoms with Crippen LogP contribution in [-0.4, -0.2) is 53.0 Å². The second-order valence-electron chi connectivity index (χ2n) is 9.60. The van der Waals surface area contributed by atoms with Gasteiger partial charge in [0.15, 0.2) is 0 Å². The molecule has 0 radical (unpaired) electrons. The van der Waals surface area contributed by atoms with Gasteiger partial charge in [-0.2, -0.15) is 0 Å². The molecule has 6 atom stereocenters. The SMILES string of the molecule is CCC(C)C(N)C(=O)NC(C(=O)NC(C(=O)NC(Cc1ccccc1)C(=O)O)C(C)CC)C(C)C. The molecule has 0 aliphatic rings. The molecule has 9 nitrogen and oxygen atoms in total. The first-order chi connectivity index (χ1) is 16.4. The number of carboxylic acids is 1. The van der Waals surface area contributed by atoms with Crippen LogP contribution >= 0.6 is 0 Å². The molecule has 0 aliphatic heterocycles.